The number of benzene rings is 2. The molecule has 15 heteroatoms. The first-order valence-corrected chi connectivity index (χ1v) is 17.4. The third-order valence-electron chi connectivity index (χ3n) is 8.02. The first-order chi connectivity index (χ1) is 21.6. The summed E-state index contributed by atoms with van der Waals surface area (Å²) in [7, 11) is -3.74. The van der Waals surface area contributed by atoms with Crippen molar-refractivity contribution in [1.82, 2.24) is 19.0 Å². The number of carbonyl (C=O) groups is 3. The van der Waals surface area contributed by atoms with E-state index in [1.165, 1.54) is 17.3 Å². The average molecular weight is 708 g/mol. The maximum Gasteiger partial charge on any atom is 0.407 e. The molecule has 46 heavy (non-hydrogen) atoms. The number of carbonyl (C=O) groups excluding carboxylic acids is 3. The number of nitrogens with zero attached hydrogens (tertiary/aromatic N) is 5. The number of sulfonamides is 1. The van der Waals surface area contributed by atoms with Crippen molar-refractivity contribution in [3.63, 3.8) is 0 Å². The van der Waals surface area contributed by atoms with Crippen LogP contribution in [0.5, 0.6) is 0 Å². The summed E-state index contributed by atoms with van der Waals surface area (Å²) >= 11 is 13.3. The summed E-state index contributed by atoms with van der Waals surface area (Å²) in [5.74, 6) is -2.12. The van der Waals surface area contributed by atoms with E-state index >= 15 is 4.39 Å². The summed E-state index contributed by atoms with van der Waals surface area (Å²) in [5.41, 5.74) is 0.704. The molecule has 2 aliphatic heterocycles. The van der Waals surface area contributed by atoms with Crippen LogP contribution in [-0.2, 0) is 31.8 Å². The average Bonchev–Trinajstić information content (AvgIpc) is 3.70. The van der Waals surface area contributed by atoms with Gasteiger partial charge in [0.2, 0.25) is 0 Å². The molecular weight excluding hydrogens is 676 g/mol. The molecule has 1 atom stereocenters. The van der Waals surface area contributed by atoms with Crippen LogP contribution in [0, 0.1) is 0 Å². The standard InChI is InChI=1S/C31H31Cl2FN5O5S2/c1-19(2)31(3,34)24-15-22(32)9-8-21(24)16-39-25-10-7-20(13-23(25)28(33)35-39)14-26-29(41)38(30(42)45-26)17-27(40)36(4)18-46(43,44)37-11-5-6-12-37/h7-10,13-15H,1,4-6,11-12,16-18H2,2-3H3/q+1. The number of imide groups is 1. The zero-order valence-corrected chi connectivity index (χ0v) is 28.3. The Morgan fingerprint density at radius 2 is 1.87 bits per heavy atom. The Morgan fingerprint density at radius 1 is 1.17 bits per heavy atom. The summed E-state index contributed by atoms with van der Waals surface area (Å²) in [6.45, 7) is 10.7. The van der Waals surface area contributed by atoms with Gasteiger partial charge in [0.15, 0.2) is 17.4 Å². The van der Waals surface area contributed by atoms with E-state index in [-0.39, 0.29) is 16.6 Å². The number of thioether (sulfide) groups is 1. The Bertz CT molecular complexity index is 1950. The predicted molar refractivity (Wildman–Crippen MR) is 178 cm³/mol. The molecule has 0 aliphatic carbocycles. The highest BCUT2D eigenvalue weighted by Crippen LogP contribution is 2.37. The minimum absolute atomic E-state index is 0.0776. The van der Waals surface area contributed by atoms with E-state index in [2.05, 4.69) is 18.4 Å². The summed E-state index contributed by atoms with van der Waals surface area (Å²) in [4.78, 5) is 39.4. The lowest BCUT2D eigenvalue weighted by atomic mass is 9.88. The second-order valence-electron chi connectivity index (χ2n) is 11.4. The van der Waals surface area contributed by atoms with Gasteiger partial charge in [-0.2, -0.15) is 14.0 Å². The highest BCUT2D eigenvalue weighted by atomic mass is 35.5. The number of fused-ring (bicyclic) bond motifs is 1. The molecule has 0 saturated carbocycles. The quantitative estimate of drug-likeness (QED) is 0.113. The second kappa shape index (κ2) is 13.0. The fourth-order valence-corrected chi connectivity index (χ4v) is 7.99. The summed E-state index contributed by atoms with van der Waals surface area (Å²) < 4.78 is 44.5. The topological polar surface area (TPSA) is 113 Å². The van der Waals surface area contributed by atoms with Gasteiger partial charge in [-0.3, -0.25) is 19.2 Å². The third-order valence-corrected chi connectivity index (χ3v) is 11.2. The van der Waals surface area contributed by atoms with E-state index in [0.29, 0.717) is 63.0 Å². The van der Waals surface area contributed by atoms with Gasteiger partial charge in [-0.25, -0.2) is 17.6 Å². The van der Waals surface area contributed by atoms with Crippen molar-refractivity contribution in [3.8, 4) is 0 Å². The van der Waals surface area contributed by atoms with Crippen LogP contribution in [0.1, 0.15) is 43.4 Å². The normalized spacial score (nSPS) is 18.1. The van der Waals surface area contributed by atoms with Crippen LogP contribution in [0.2, 0.25) is 10.2 Å². The Balaban J connectivity index is 1.33. The van der Waals surface area contributed by atoms with Crippen LogP contribution in [0.3, 0.4) is 0 Å². The van der Waals surface area contributed by atoms with Crippen LogP contribution in [0.25, 0.3) is 17.0 Å². The van der Waals surface area contributed by atoms with Gasteiger partial charge in [-0.05, 0) is 91.1 Å². The van der Waals surface area contributed by atoms with E-state index in [1.807, 2.05) is 0 Å². The molecule has 2 aliphatic rings. The molecule has 1 aromatic heterocycles. The SMILES string of the molecule is C=C(C)C(C)(F)c1cc(Cl)ccc1Cn1nc(Cl)c2cc(C=C3SC(=O)N(CC(=O)[N+](=C)CS(=O)(=O)N4CCCC4)C3=O)ccc21. The maximum absolute atomic E-state index is 15.6. The van der Waals surface area contributed by atoms with Gasteiger partial charge in [0.1, 0.15) is 6.72 Å². The predicted octanol–water partition coefficient (Wildman–Crippen LogP) is 5.81. The highest BCUT2D eigenvalue weighted by molar-refractivity contribution is 8.18. The Kier molecular flexibility index (Phi) is 9.63. The van der Waals surface area contributed by atoms with Gasteiger partial charge < -0.3 is 0 Å². The number of alkyl halides is 1. The molecule has 242 valence electrons. The van der Waals surface area contributed by atoms with Crippen molar-refractivity contribution < 1.29 is 31.8 Å². The number of aromatic nitrogens is 2. The minimum atomic E-state index is -3.74. The van der Waals surface area contributed by atoms with E-state index < -0.39 is 45.2 Å². The lowest BCUT2D eigenvalue weighted by molar-refractivity contribution is -0.421. The molecule has 0 N–H and O–H groups in total. The Hall–Kier alpha value is -3.36. The Labute approximate surface area is 280 Å². The van der Waals surface area contributed by atoms with Crippen molar-refractivity contribution in [2.24, 2.45) is 0 Å². The molecule has 0 spiro atoms. The van der Waals surface area contributed by atoms with Gasteiger partial charge in [-0.15, -0.1) is 0 Å². The summed E-state index contributed by atoms with van der Waals surface area (Å²) in [6.07, 6.45) is 2.99. The van der Waals surface area contributed by atoms with Crippen molar-refractivity contribution in [1.29, 1.82) is 0 Å². The first kappa shape index (κ1) is 34.0. The summed E-state index contributed by atoms with van der Waals surface area (Å²) in [5, 5.41) is 4.91. The fraction of sp³-hybridized carbons (Fsp3) is 0.323. The van der Waals surface area contributed by atoms with Crippen LogP contribution >= 0.6 is 35.0 Å². The molecule has 3 aromatic rings. The molecule has 0 bridgehead atoms. The van der Waals surface area contributed by atoms with Crippen LogP contribution in [-0.4, -0.2) is 81.3 Å². The Morgan fingerprint density at radius 3 is 2.54 bits per heavy atom. The van der Waals surface area contributed by atoms with Gasteiger partial charge >= 0.3 is 5.91 Å². The second-order valence-corrected chi connectivity index (χ2v) is 15.1. The molecule has 1 unspecified atom stereocenters. The van der Waals surface area contributed by atoms with Crippen molar-refractivity contribution in [2.45, 2.75) is 38.9 Å². The van der Waals surface area contributed by atoms with E-state index in [9.17, 15) is 22.8 Å². The molecule has 5 rings (SSSR count). The number of halogens is 3. The summed E-state index contributed by atoms with van der Waals surface area (Å²) in [6, 6.07) is 10.1. The van der Waals surface area contributed by atoms with Gasteiger partial charge in [0.05, 0.1) is 17.0 Å². The fourth-order valence-electron chi connectivity index (χ4n) is 5.22. The van der Waals surface area contributed by atoms with E-state index in [1.54, 1.807) is 48.0 Å². The molecule has 2 fully saturated rings. The van der Waals surface area contributed by atoms with Gasteiger partial charge in [-0.1, -0.05) is 41.9 Å². The molecular formula is C31H31Cl2FN5O5S2+. The molecule has 3 heterocycles. The number of hydrogen-bond donors (Lipinski definition) is 0. The molecule has 0 radical (unpaired) electrons. The lowest BCUT2D eigenvalue weighted by Crippen LogP contribution is -2.41. The molecule has 2 aromatic carbocycles. The monoisotopic (exact) mass is 706 g/mol. The van der Waals surface area contributed by atoms with Gasteiger partial charge in [0.25, 0.3) is 27.0 Å². The van der Waals surface area contributed by atoms with Gasteiger partial charge in [0, 0.05) is 23.5 Å². The smallest absolute Gasteiger partial charge is 0.268 e. The highest BCUT2D eigenvalue weighted by Gasteiger charge is 2.40. The number of allylic oxidation sites excluding steroid dienone is 1. The van der Waals surface area contributed by atoms with E-state index in [4.69, 9.17) is 23.2 Å². The van der Waals surface area contributed by atoms with Crippen molar-refractivity contribution in [3.05, 3.63) is 80.3 Å². The van der Waals surface area contributed by atoms with Crippen LogP contribution < -0.4 is 0 Å². The zero-order valence-electron chi connectivity index (χ0n) is 25.1. The molecule has 3 amide bonds. The lowest BCUT2D eigenvalue weighted by Gasteiger charge is -2.24. The maximum atomic E-state index is 15.6. The molecule has 2 saturated heterocycles. The zero-order chi connectivity index (χ0) is 33.6. The van der Waals surface area contributed by atoms with Crippen LogP contribution in [0.15, 0.2) is 53.5 Å². The number of amides is 3. The number of rotatable bonds is 10. The minimum Gasteiger partial charge on any atom is -0.268 e. The number of hydrogen-bond acceptors (Lipinski definition) is 7. The van der Waals surface area contributed by atoms with Crippen molar-refractivity contribution >= 4 is 85.7 Å². The van der Waals surface area contributed by atoms with Crippen molar-refractivity contribution in [2.75, 3.05) is 25.5 Å². The molecule has 10 nitrogen and oxygen atoms in total. The largest absolute Gasteiger partial charge is 0.407 e. The third kappa shape index (κ3) is 6.84. The first-order valence-electron chi connectivity index (χ1n) is 14.2. The van der Waals surface area contributed by atoms with Crippen LogP contribution in [0.4, 0.5) is 9.18 Å². The van der Waals surface area contributed by atoms with E-state index in [0.717, 1.165) is 22.3 Å².